The number of carbonyl (C=O) groups is 3. The van der Waals surface area contributed by atoms with Gasteiger partial charge in [0.1, 0.15) is 18.3 Å². The number of nitrogens with zero attached hydrogens (tertiary/aromatic N) is 1. The highest BCUT2D eigenvalue weighted by Crippen LogP contribution is 2.29. The number of ether oxygens (including phenoxy) is 1. The summed E-state index contributed by atoms with van der Waals surface area (Å²) in [5.74, 6) is -2.64. The molecule has 0 saturated carbocycles. The molecule has 6 rings (SSSR count). The van der Waals surface area contributed by atoms with E-state index in [4.69, 9.17) is 25.2 Å². The van der Waals surface area contributed by atoms with Gasteiger partial charge in [0.15, 0.2) is 6.23 Å². The molecule has 12 heteroatoms. The van der Waals surface area contributed by atoms with Crippen molar-refractivity contribution in [2.75, 3.05) is 6.61 Å². The summed E-state index contributed by atoms with van der Waals surface area (Å²) < 4.78 is 6.67. The quantitative estimate of drug-likeness (QED) is 0.159. The van der Waals surface area contributed by atoms with Gasteiger partial charge in [-0.3, -0.25) is 9.36 Å². The maximum atomic E-state index is 12.6. The summed E-state index contributed by atoms with van der Waals surface area (Å²) in [6.07, 6.45) is -2.86. The molecule has 4 atom stereocenters. The molecule has 0 spiro atoms. The van der Waals surface area contributed by atoms with Gasteiger partial charge in [-0.05, 0) is 60.3 Å². The van der Waals surface area contributed by atoms with Crippen molar-refractivity contribution in [1.29, 1.82) is 0 Å². The fourth-order valence-electron chi connectivity index (χ4n) is 4.53. The number of aryl methyl sites for hydroxylation is 1. The SMILES string of the molecule is Cc1cccc2ccn([C@@H]3O[C@H](CO)[C@@H](O)[C@H]3O)c(=O)c12.O=C(O)c1ccccc1.O=C(O)c1ccccc1.O=C(O)c1ccccc1. The molecule has 250 valence electrons. The zero-order valence-corrected chi connectivity index (χ0v) is 25.7. The Morgan fingerprint density at radius 3 is 1.44 bits per heavy atom. The summed E-state index contributed by atoms with van der Waals surface area (Å²) in [7, 11) is 0. The second kappa shape index (κ2) is 17.9. The number of aromatic nitrogens is 1. The second-order valence-electron chi connectivity index (χ2n) is 10.3. The zero-order valence-electron chi connectivity index (χ0n) is 25.7. The first-order chi connectivity index (χ1) is 23.0. The summed E-state index contributed by atoms with van der Waals surface area (Å²) in [4.78, 5) is 43.2. The number of pyridine rings is 1. The Balaban J connectivity index is 0.000000193. The Hall–Kier alpha value is -5.66. The first-order valence-electron chi connectivity index (χ1n) is 14.5. The first-order valence-corrected chi connectivity index (χ1v) is 14.5. The van der Waals surface area contributed by atoms with Crippen LogP contribution in [0.2, 0.25) is 0 Å². The van der Waals surface area contributed by atoms with Gasteiger partial charge in [0.2, 0.25) is 0 Å². The summed E-state index contributed by atoms with van der Waals surface area (Å²) in [6, 6.07) is 32.2. The van der Waals surface area contributed by atoms with E-state index in [0.717, 1.165) is 10.9 Å². The van der Waals surface area contributed by atoms with Crippen molar-refractivity contribution < 1.29 is 49.8 Å². The topological polar surface area (TPSA) is 204 Å². The predicted molar refractivity (Wildman–Crippen MR) is 176 cm³/mol. The average molecular weight is 658 g/mol. The first kappa shape index (κ1) is 36.8. The van der Waals surface area contributed by atoms with Crippen molar-refractivity contribution in [3.63, 3.8) is 0 Å². The van der Waals surface area contributed by atoms with E-state index in [1.165, 1.54) is 10.8 Å². The van der Waals surface area contributed by atoms with Gasteiger partial charge in [0.25, 0.3) is 5.56 Å². The molecule has 0 aliphatic carbocycles. The minimum absolute atomic E-state index is 0.291. The Labute approximate surface area is 275 Å². The molecular weight excluding hydrogens is 622 g/mol. The van der Waals surface area contributed by atoms with Crippen LogP contribution in [0.5, 0.6) is 0 Å². The Morgan fingerprint density at radius 2 is 1.08 bits per heavy atom. The highest BCUT2D eigenvalue weighted by atomic mass is 16.6. The number of benzene rings is 4. The van der Waals surface area contributed by atoms with Crippen LogP contribution in [0, 0.1) is 6.92 Å². The highest BCUT2D eigenvalue weighted by molar-refractivity contribution is 5.88. The molecular formula is C36H35NO11. The van der Waals surface area contributed by atoms with Crippen molar-refractivity contribution in [2.45, 2.75) is 31.5 Å². The number of fused-ring (bicyclic) bond motifs is 1. The summed E-state index contributed by atoms with van der Waals surface area (Å²) in [6.45, 7) is 1.42. The molecule has 0 bridgehead atoms. The van der Waals surface area contributed by atoms with E-state index in [2.05, 4.69) is 0 Å². The van der Waals surface area contributed by atoms with Crippen LogP contribution in [0.1, 0.15) is 42.9 Å². The molecule has 1 saturated heterocycles. The lowest BCUT2D eigenvalue weighted by molar-refractivity contribution is -0.0541. The average Bonchev–Trinajstić information content (AvgIpc) is 3.39. The Kier molecular flexibility index (Phi) is 13.7. The van der Waals surface area contributed by atoms with Gasteiger partial charge in [0, 0.05) is 6.20 Å². The van der Waals surface area contributed by atoms with E-state index in [1.54, 1.807) is 97.1 Å². The molecule has 4 aromatic carbocycles. The maximum absolute atomic E-state index is 12.6. The smallest absolute Gasteiger partial charge is 0.335 e. The number of aliphatic hydroxyl groups is 3. The van der Waals surface area contributed by atoms with Gasteiger partial charge in [-0.2, -0.15) is 0 Å². The Morgan fingerprint density at radius 1 is 0.646 bits per heavy atom. The van der Waals surface area contributed by atoms with Crippen LogP contribution in [-0.2, 0) is 4.74 Å². The van der Waals surface area contributed by atoms with Crippen LogP contribution in [0.3, 0.4) is 0 Å². The summed E-state index contributed by atoms with van der Waals surface area (Å²) >= 11 is 0. The van der Waals surface area contributed by atoms with Gasteiger partial charge < -0.3 is 35.4 Å². The van der Waals surface area contributed by atoms with Crippen molar-refractivity contribution in [1.82, 2.24) is 4.57 Å². The van der Waals surface area contributed by atoms with Gasteiger partial charge in [-0.25, -0.2) is 14.4 Å². The largest absolute Gasteiger partial charge is 0.478 e. The van der Waals surface area contributed by atoms with E-state index >= 15 is 0 Å². The third-order valence-corrected chi connectivity index (χ3v) is 7.02. The zero-order chi connectivity index (χ0) is 35.2. The number of aliphatic hydroxyl groups excluding tert-OH is 3. The molecule has 1 aromatic heterocycles. The number of rotatable bonds is 5. The summed E-state index contributed by atoms with van der Waals surface area (Å²) in [5, 5.41) is 55.5. The van der Waals surface area contributed by atoms with Crippen molar-refractivity contribution in [2.24, 2.45) is 0 Å². The van der Waals surface area contributed by atoms with Gasteiger partial charge >= 0.3 is 17.9 Å². The minimum Gasteiger partial charge on any atom is -0.478 e. The molecule has 0 amide bonds. The molecule has 0 radical (unpaired) electrons. The molecule has 2 heterocycles. The normalized spacial score (nSPS) is 17.8. The van der Waals surface area contributed by atoms with Crippen LogP contribution < -0.4 is 5.56 Å². The summed E-state index contributed by atoms with van der Waals surface area (Å²) in [5.41, 5.74) is 1.53. The van der Waals surface area contributed by atoms with Gasteiger partial charge in [-0.15, -0.1) is 0 Å². The maximum Gasteiger partial charge on any atom is 0.335 e. The molecule has 1 aliphatic heterocycles. The molecule has 6 N–H and O–H groups in total. The van der Waals surface area contributed by atoms with Gasteiger partial charge in [-0.1, -0.05) is 72.8 Å². The van der Waals surface area contributed by atoms with E-state index in [0.29, 0.717) is 22.1 Å². The number of aromatic carboxylic acids is 3. The number of carboxylic acids is 3. The lowest BCUT2D eigenvalue weighted by Crippen LogP contribution is -2.35. The molecule has 1 aliphatic rings. The molecule has 5 aromatic rings. The fourth-order valence-corrected chi connectivity index (χ4v) is 4.53. The molecule has 1 fully saturated rings. The number of carboxylic acid groups (broad SMARTS) is 3. The van der Waals surface area contributed by atoms with Crippen LogP contribution in [0.4, 0.5) is 0 Å². The molecule has 48 heavy (non-hydrogen) atoms. The predicted octanol–water partition coefficient (Wildman–Crippen LogP) is 4.08. The standard InChI is InChI=1S/C15H17NO5.3C7H6O2/c1-8-3-2-4-9-5-6-16(14(20)11(8)9)15-13(19)12(18)10(7-17)21-15;3*8-7(9)6-4-2-1-3-5-6/h2-6,10,12-13,15,17-19H,7H2,1H3;3*1-5H,(H,8,9)/t10-,12-,13-,15-;;;/m1.../s1. The fraction of sp³-hybridized carbons (Fsp3) is 0.167. The third kappa shape index (κ3) is 9.92. The lowest BCUT2D eigenvalue weighted by Gasteiger charge is -2.18. The number of hydrogen-bond acceptors (Lipinski definition) is 8. The van der Waals surface area contributed by atoms with E-state index < -0.39 is 49.1 Å². The van der Waals surface area contributed by atoms with Crippen LogP contribution >= 0.6 is 0 Å². The highest BCUT2D eigenvalue weighted by Gasteiger charge is 2.43. The van der Waals surface area contributed by atoms with Crippen molar-refractivity contribution in [3.8, 4) is 0 Å². The van der Waals surface area contributed by atoms with Crippen molar-refractivity contribution in [3.05, 3.63) is 154 Å². The van der Waals surface area contributed by atoms with Crippen LogP contribution in [0.25, 0.3) is 10.8 Å². The second-order valence-corrected chi connectivity index (χ2v) is 10.3. The Bertz CT molecular complexity index is 1730. The molecule has 0 unspecified atom stereocenters. The number of hydrogen-bond donors (Lipinski definition) is 6. The van der Waals surface area contributed by atoms with E-state index in [1.807, 2.05) is 25.1 Å². The van der Waals surface area contributed by atoms with Crippen molar-refractivity contribution >= 4 is 28.7 Å². The van der Waals surface area contributed by atoms with Gasteiger partial charge in [0.05, 0.1) is 28.7 Å². The van der Waals surface area contributed by atoms with E-state index in [-0.39, 0.29) is 5.56 Å². The minimum atomic E-state index is -1.26. The van der Waals surface area contributed by atoms with Crippen LogP contribution in [-0.4, -0.2) is 78.0 Å². The van der Waals surface area contributed by atoms with Crippen LogP contribution in [0.15, 0.2) is 126 Å². The lowest BCUT2D eigenvalue weighted by atomic mass is 10.1. The third-order valence-electron chi connectivity index (χ3n) is 7.02. The van der Waals surface area contributed by atoms with E-state index in [9.17, 15) is 29.4 Å². The molecule has 12 nitrogen and oxygen atoms in total. The monoisotopic (exact) mass is 657 g/mol.